The van der Waals surface area contributed by atoms with Crippen LogP contribution in [0.1, 0.15) is 16.7 Å². The van der Waals surface area contributed by atoms with Crippen LogP contribution >= 0.6 is 0 Å². The molecule has 0 saturated heterocycles. The Labute approximate surface area is 108 Å². The van der Waals surface area contributed by atoms with E-state index in [1.54, 1.807) is 0 Å². The maximum absolute atomic E-state index is 5.59. The highest BCUT2D eigenvalue weighted by Gasteiger charge is 1.86. The molecule has 0 aromatic heterocycles. The lowest BCUT2D eigenvalue weighted by Crippen LogP contribution is -1.82. The van der Waals surface area contributed by atoms with Crippen molar-refractivity contribution in [2.45, 2.75) is 6.92 Å². The van der Waals surface area contributed by atoms with Crippen molar-refractivity contribution in [1.29, 1.82) is 0 Å². The zero-order chi connectivity index (χ0) is 12.8. The smallest absolute Gasteiger partial charge is 0.0314 e. The summed E-state index contributed by atoms with van der Waals surface area (Å²) in [6, 6.07) is 15.5. The third-order valence-electron chi connectivity index (χ3n) is 2.44. The van der Waals surface area contributed by atoms with Crippen LogP contribution in [0.25, 0.3) is 0 Å². The van der Waals surface area contributed by atoms with Gasteiger partial charge in [-0.2, -0.15) is 0 Å². The quantitative estimate of drug-likeness (QED) is 0.547. The largest absolute Gasteiger partial charge is 0.399 e. The van der Waals surface area contributed by atoms with Gasteiger partial charge in [0.15, 0.2) is 0 Å². The van der Waals surface area contributed by atoms with Gasteiger partial charge in [-0.3, -0.25) is 0 Å². The predicted molar refractivity (Wildman–Crippen MR) is 75.8 cm³/mol. The van der Waals surface area contributed by atoms with E-state index in [0.717, 1.165) is 16.8 Å². The summed E-state index contributed by atoms with van der Waals surface area (Å²) in [6.07, 6.45) is 0. The number of benzene rings is 2. The predicted octanol–water partition coefficient (Wildman–Crippen LogP) is 2.98. The van der Waals surface area contributed by atoms with Gasteiger partial charge in [0.1, 0.15) is 0 Å². The van der Waals surface area contributed by atoms with E-state index in [1.807, 2.05) is 48.5 Å². The monoisotopic (exact) mass is 231 g/mol. The molecule has 0 unspecified atom stereocenters. The van der Waals surface area contributed by atoms with Gasteiger partial charge in [0, 0.05) is 16.8 Å². The van der Waals surface area contributed by atoms with Gasteiger partial charge in [-0.15, -0.1) is 0 Å². The van der Waals surface area contributed by atoms with Gasteiger partial charge in [-0.1, -0.05) is 29.5 Å². The summed E-state index contributed by atoms with van der Waals surface area (Å²) in [5.74, 6) is 11.7. The molecule has 0 spiro atoms. The van der Waals surface area contributed by atoms with Crippen molar-refractivity contribution in [3.8, 4) is 23.7 Å². The summed E-state index contributed by atoms with van der Waals surface area (Å²) >= 11 is 0. The highest BCUT2D eigenvalue weighted by molar-refractivity contribution is 5.48. The van der Waals surface area contributed by atoms with Crippen molar-refractivity contribution in [2.75, 3.05) is 5.73 Å². The molecule has 2 N–H and O–H groups in total. The number of hydrogen-bond donors (Lipinski definition) is 1. The molecule has 1 heteroatoms. The van der Waals surface area contributed by atoms with Crippen molar-refractivity contribution < 1.29 is 0 Å². The highest BCUT2D eigenvalue weighted by atomic mass is 14.5. The maximum atomic E-state index is 5.59. The lowest BCUT2D eigenvalue weighted by molar-refractivity contribution is 1.46. The third kappa shape index (κ3) is 3.44. The summed E-state index contributed by atoms with van der Waals surface area (Å²) in [5.41, 5.74) is 9.46. The average molecular weight is 231 g/mol. The summed E-state index contributed by atoms with van der Waals surface area (Å²) in [4.78, 5) is 0. The van der Waals surface area contributed by atoms with E-state index in [1.165, 1.54) is 5.56 Å². The zero-order valence-electron chi connectivity index (χ0n) is 10.2. The molecule has 0 aliphatic carbocycles. The minimum atomic E-state index is 0.742. The Balaban J connectivity index is 2.09. The first kappa shape index (κ1) is 11.8. The molecule has 0 aliphatic heterocycles. The van der Waals surface area contributed by atoms with E-state index in [4.69, 9.17) is 5.73 Å². The van der Waals surface area contributed by atoms with E-state index >= 15 is 0 Å². The van der Waals surface area contributed by atoms with Gasteiger partial charge in [-0.25, -0.2) is 0 Å². The SMILES string of the molecule is Cc1ccc(C#CC#Cc2ccc(N)cc2)cc1. The van der Waals surface area contributed by atoms with E-state index in [9.17, 15) is 0 Å². The minimum absolute atomic E-state index is 0.742. The molecule has 2 aromatic rings. The molecule has 0 saturated carbocycles. The second-order valence-corrected chi connectivity index (χ2v) is 3.99. The lowest BCUT2D eigenvalue weighted by Gasteiger charge is -1.91. The van der Waals surface area contributed by atoms with Gasteiger partial charge >= 0.3 is 0 Å². The van der Waals surface area contributed by atoms with Gasteiger partial charge in [-0.05, 0) is 55.2 Å². The number of aryl methyl sites for hydroxylation is 1. The summed E-state index contributed by atoms with van der Waals surface area (Å²) in [6.45, 7) is 2.05. The molecular formula is C17H13N. The maximum Gasteiger partial charge on any atom is 0.0314 e. The van der Waals surface area contributed by atoms with E-state index in [0.29, 0.717) is 0 Å². The molecule has 86 valence electrons. The van der Waals surface area contributed by atoms with Crippen molar-refractivity contribution in [3.63, 3.8) is 0 Å². The second-order valence-electron chi connectivity index (χ2n) is 3.99. The Morgan fingerprint density at radius 2 is 1.17 bits per heavy atom. The Hall–Kier alpha value is -2.64. The third-order valence-corrected chi connectivity index (χ3v) is 2.44. The Morgan fingerprint density at radius 1 is 0.722 bits per heavy atom. The van der Waals surface area contributed by atoms with Crippen LogP contribution in [0.5, 0.6) is 0 Å². The molecule has 1 nitrogen and oxygen atoms in total. The first-order chi connectivity index (χ1) is 8.74. The minimum Gasteiger partial charge on any atom is -0.399 e. The standard InChI is InChI=1S/C17H13N/c1-14-6-8-15(9-7-14)4-2-3-5-16-10-12-17(18)13-11-16/h6-13H,18H2,1H3. The molecule has 2 aromatic carbocycles. The fourth-order valence-corrected chi connectivity index (χ4v) is 1.41. The van der Waals surface area contributed by atoms with Crippen LogP contribution in [0.3, 0.4) is 0 Å². The van der Waals surface area contributed by atoms with Crippen LogP contribution in [0, 0.1) is 30.6 Å². The fraction of sp³-hybridized carbons (Fsp3) is 0.0588. The normalized spacial score (nSPS) is 8.72. The van der Waals surface area contributed by atoms with Crippen LogP contribution in [-0.4, -0.2) is 0 Å². The first-order valence-electron chi connectivity index (χ1n) is 5.68. The summed E-state index contributed by atoms with van der Waals surface area (Å²) in [5, 5.41) is 0. The molecule has 0 aliphatic rings. The van der Waals surface area contributed by atoms with Crippen molar-refractivity contribution in [3.05, 3.63) is 65.2 Å². The van der Waals surface area contributed by atoms with Crippen molar-refractivity contribution >= 4 is 5.69 Å². The number of nitrogens with two attached hydrogens (primary N) is 1. The first-order valence-corrected chi connectivity index (χ1v) is 5.68. The Kier molecular flexibility index (Phi) is 3.69. The van der Waals surface area contributed by atoms with Gasteiger partial charge in [0.2, 0.25) is 0 Å². The fourth-order valence-electron chi connectivity index (χ4n) is 1.41. The topological polar surface area (TPSA) is 26.0 Å². The number of anilines is 1. The molecule has 0 amide bonds. The Bertz CT molecular complexity index is 580. The van der Waals surface area contributed by atoms with Crippen molar-refractivity contribution in [2.24, 2.45) is 0 Å². The molecule has 0 radical (unpaired) electrons. The van der Waals surface area contributed by atoms with Crippen LogP contribution < -0.4 is 5.73 Å². The molecular weight excluding hydrogens is 218 g/mol. The van der Waals surface area contributed by atoms with Gasteiger partial charge in [0.25, 0.3) is 0 Å². The highest BCUT2D eigenvalue weighted by Crippen LogP contribution is 2.03. The molecule has 0 bridgehead atoms. The molecule has 0 fully saturated rings. The molecule has 2 rings (SSSR count). The van der Waals surface area contributed by atoms with E-state index in [-0.39, 0.29) is 0 Å². The van der Waals surface area contributed by atoms with Gasteiger partial charge in [0.05, 0.1) is 0 Å². The van der Waals surface area contributed by atoms with Crippen LogP contribution in [0.2, 0.25) is 0 Å². The van der Waals surface area contributed by atoms with Gasteiger partial charge < -0.3 is 5.73 Å². The summed E-state index contributed by atoms with van der Waals surface area (Å²) in [7, 11) is 0. The van der Waals surface area contributed by atoms with E-state index < -0.39 is 0 Å². The number of nitrogen functional groups attached to an aromatic ring is 1. The summed E-state index contributed by atoms with van der Waals surface area (Å²) < 4.78 is 0. The van der Waals surface area contributed by atoms with E-state index in [2.05, 4.69) is 30.6 Å². The molecule has 0 atom stereocenters. The number of hydrogen-bond acceptors (Lipinski definition) is 1. The van der Waals surface area contributed by atoms with Crippen LogP contribution in [-0.2, 0) is 0 Å². The van der Waals surface area contributed by atoms with Crippen LogP contribution in [0.15, 0.2) is 48.5 Å². The number of rotatable bonds is 0. The second kappa shape index (κ2) is 5.62. The van der Waals surface area contributed by atoms with Crippen LogP contribution in [0.4, 0.5) is 5.69 Å². The lowest BCUT2D eigenvalue weighted by atomic mass is 10.1. The zero-order valence-corrected chi connectivity index (χ0v) is 10.2. The van der Waals surface area contributed by atoms with Crippen molar-refractivity contribution in [1.82, 2.24) is 0 Å². The average Bonchev–Trinajstić information content (AvgIpc) is 2.39. The molecule has 0 heterocycles. The molecule has 18 heavy (non-hydrogen) atoms. The Morgan fingerprint density at radius 3 is 1.67 bits per heavy atom.